The van der Waals surface area contributed by atoms with Gasteiger partial charge in [0.05, 0.1) is 22.8 Å². The summed E-state index contributed by atoms with van der Waals surface area (Å²) in [7, 11) is 0. The minimum absolute atomic E-state index is 0. The Bertz CT molecular complexity index is 2180. The molecule has 0 unspecified atom stereocenters. The van der Waals surface area contributed by atoms with Gasteiger partial charge in [0.25, 0.3) is 0 Å². The van der Waals surface area contributed by atoms with Crippen molar-refractivity contribution in [2.24, 2.45) is 34.6 Å². The maximum absolute atomic E-state index is 4.43. The van der Waals surface area contributed by atoms with E-state index < -0.39 is 0 Å². The fourth-order valence-electron chi connectivity index (χ4n) is 6.82. The molecule has 0 saturated carbocycles. The first-order valence-electron chi connectivity index (χ1n) is 30.8. The van der Waals surface area contributed by atoms with Crippen molar-refractivity contribution in [2.75, 3.05) is 0 Å². The Morgan fingerprint density at radius 1 is 0.460 bits per heavy atom. The number of aliphatic imine (C=N–C) groups is 1. The third-order valence-electron chi connectivity index (χ3n) is 12.1. The van der Waals surface area contributed by atoms with Gasteiger partial charge >= 0.3 is 0 Å². The number of nitrogens with zero attached hydrogens (tertiary/aromatic N) is 8. The first-order valence-corrected chi connectivity index (χ1v) is 30.8. The average Bonchev–Trinajstić information content (AvgIpc) is 4.23. The molecule has 87 heavy (non-hydrogen) atoms. The highest BCUT2D eigenvalue weighted by molar-refractivity contribution is 5.89. The summed E-state index contributed by atoms with van der Waals surface area (Å²) in [4.78, 5) is 4.17. The highest BCUT2D eigenvalue weighted by atomic mass is 15.4. The van der Waals surface area contributed by atoms with Gasteiger partial charge in [-0.05, 0) is 122 Å². The van der Waals surface area contributed by atoms with E-state index in [4.69, 9.17) is 0 Å². The fraction of sp³-hybridized carbons (Fsp3) is 0.697. The first-order chi connectivity index (χ1) is 37.1. The van der Waals surface area contributed by atoms with Gasteiger partial charge in [0.1, 0.15) is 6.04 Å². The van der Waals surface area contributed by atoms with Crippen molar-refractivity contribution in [3.05, 3.63) is 130 Å². The van der Waals surface area contributed by atoms with Crippen LogP contribution in [0.15, 0.2) is 95.4 Å². The number of H-pyrrole nitrogens is 3. The molecule has 11 heteroatoms. The molecule has 1 aliphatic carbocycles. The van der Waals surface area contributed by atoms with E-state index in [2.05, 4.69) is 315 Å². The highest BCUT2D eigenvalue weighted by Gasteiger charge is 2.16. The van der Waals surface area contributed by atoms with E-state index in [-0.39, 0.29) is 52.0 Å². The molecule has 0 bridgehead atoms. The van der Waals surface area contributed by atoms with Crippen LogP contribution in [-0.4, -0.2) is 51.4 Å². The van der Waals surface area contributed by atoms with Crippen LogP contribution >= 0.6 is 0 Å². The summed E-state index contributed by atoms with van der Waals surface area (Å²) in [6, 6.07) is 15.7. The predicted molar refractivity (Wildman–Crippen MR) is 396 cm³/mol. The lowest BCUT2D eigenvalue weighted by Gasteiger charge is -2.04. The highest BCUT2D eigenvalue weighted by Crippen LogP contribution is 2.28. The summed E-state index contributed by atoms with van der Waals surface area (Å²) in [6.07, 6.45) is 15.1. The molecule has 2 aliphatic rings. The van der Waals surface area contributed by atoms with E-state index in [0.29, 0.717) is 65.3 Å². The van der Waals surface area contributed by atoms with Crippen LogP contribution in [0.1, 0.15) is 366 Å². The summed E-state index contributed by atoms with van der Waals surface area (Å²) in [5.41, 5.74) is 12.7. The molecule has 0 amide bonds. The number of hydrogen-bond donors (Lipinski definition) is 3. The van der Waals surface area contributed by atoms with Crippen molar-refractivity contribution in [3.8, 4) is 0 Å². The predicted octanol–water partition coefficient (Wildman–Crippen LogP) is 24.8. The van der Waals surface area contributed by atoms with Gasteiger partial charge < -0.3 is 0 Å². The largest absolute Gasteiger partial charge is 0.282 e. The zero-order valence-electron chi connectivity index (χ0n) is 57.1. The fourth-order valence-corrected chi connectivity index (χ4v) is 6.82. The van der Waals surface area contributed by atoms with Crippen LogP contribution in [0.25, 0.3) is 0 Å². The molecule has 11 nitrogen and oxygen atoms in total. The lowest BCUT2D eigenvalue weighted by atomic mass is 10.0. The van der Waals surface area contributed by atoms with Crippen molar-refractivity contribution >= 4 is 5.71 Å². The smallest absolute Gasteiger partial charge is 0.220 e. The molecular formula is C76H152N11+. The topological polar surface area (TPSA) is 133 Å². The Morgan fingerprint density at radius 3 is 1.16 bits per heavy atom. The summed E-state index contributed by atoms with van der Waals surface area (Å²) < 4.78 is 4.00. The van der Waals surface area contributed by atoms with E-state index in [1.807, 2.05) is 27.8 Å². The van der Waals surface area contributed by atoms with Gasteiger partial charge in [0, 0.05) is 47.3 Å². The number of hydrogen-bond acceptors (Lipinski definition) is 6. The molecule has 1 aliphatic heterocycles. The molecule has 0 radical (unpaired) electrons. The zero-order chi connectivity index (χ0) is 62.0. The van der Waals surface area contributed by atoms with Crippen LogP contribution in [0.5, 0.6) is 0 Å². The number of rotatable bonds is 12. The Hall–Kier alpha value is -5.19. The lowest BCUT2D eigenvalue weighted by Crippen LogP contribution is -2.37. The molecule has 7 rings (SSSR count). The molecule has 0 fully saturated rings. The molecule has 5 aromatic rings. The number of allylic oxidation sites excluding steroid dienone is 5. The van der Waals surface area contributed by atoms with E-state index in [1.165, 1.54) is 34.7 Å². The minimum atomic E-state index is 0. The SMILES string of the molecule is C.C.C.C.C.C.C.CC(C)C.CC(C)C.CC(C)C1=CCC(C(C)C)=C1.CC(C)C1=NC=CC1.CC(C)c1c[n+](C(C)C)[nH]n1.CC(C)c1cc(C(C)C)[nH]n1.CC(C)c1ccccc1.CC(C)c1ccn(C(C)C)n1.CC(C)c1n[nH]nc1C(C)C. The van der Waals surface area contributed by atoms with Gasteiger partial charge in [-0.2, -0.15) is 30.3 Å². The normalized spacial score (nSPS) is 11.5. The monoisotopic (exact) mass is 1220 g/mol. The average molecular weight is 1220 g/mol. The number of nitrogens with one attached hydrogen (secondary N) is 3. The molecule has 0 saturated heterocycles. The Morgan fingerprint density at radius 2 is 0.931 bits per heavy atom. The molecule has 4 aromatic heterocycles. The lowest BCUT2D eigenvalue weighted by molar-refractivity contribution is -0.771. The first kappa shape index (κ1) is 101. The zero-order valence-corrected chi connectivity index (χ0v) is 57.1. The summed E-state index contributed by atoms with van der Waals surface area (Å²) in [5.74, 6) is 7.43. The van der Waals surface area contributed by atoms with E-state index in [0.717, 1.165) is 47.0 Å². The molecule has 3 N–H and O–H groups in total. The van der Waals surface area contributed by atoms with Crippen LogP contribution in [-0.2, 0) is 0 Å². The third-order valence-corrected chi connectivity index (χ3v) is 12.1. The van der Waals surface area contributed by atoms with Crippen molar-refractivity contribution in [2.45, 2.75) is 326 Å². The van der Waals surface area contributed by atoms with Gasteiger partial charge in [0.2, 0.25) is 5.69 Å². The van der Waals surface area contributed by atoms with Crippen molar-refractivity contribution in [3.63, 3.8) is 0 Å². The van der Waals surface area contributed by atoms with Crippen molar-refractivity contribution < 1.29 is 4.68 Å². The van der Waals surface area contributed by atoms with Crippen molar-refractivity contribution in [1.82, 2.24) is 45.7 Å². The van der Waals surface area contributed by atoms with Crippen LogP contribution in [0.3, 0.4) is 0 Å². The summed E-state index contributed by atoms with van der Waals surface area (Å²) >= 11 is 0. The second kappa shape index (κ2) is 54.9. The van der Waals surface area contributed by atoms with E-state index >= 15 is 0 Å². The number of aromatic amines is 3. The quantitative estimate of drug-likeness (QED) is 0.107. The van der Waals surface area contributed by atoms with Gasteiger partial charge in [-0.15, -0.1) is 0 Å². The third kappa shape index (κ3) is 46.6. The van der Waals surface area contributed by atoms with Gasteiger partial charge in [-0.1, -0.05) is 291 Å². The molecular weight excluding hydrogens is 1070 g/mol. The Labute approximate surface area is 544 Å². The molecule has 510 valence electrons. The van der Waals surface area contributed by atoms with Gasteiger partial charge in [-0.3, -0.25) is 14.8 Å². The molecule has 0 spiro atoms. The van der Waals surface area contributed by atoms with Crippen LogP contribution < -0.4 is 4.68 Å². The minimum Gasteiger partial charge on any atom is -0.282 e. The number of benzene rings is 1. The maximum Gasteiger partial charge on any atom is 0.220 e. The maximum atomic E-state index is 4.43. The Kier molecular flexibility index (Phi) is 63.6. The van der Waals surface area contributed by atoms with Crippen molar-refractivity contribution in [1.29, 1.82) is 0 Å². The molecule has 0 atom stereocenters. The Balaban J connectivity index is -0.000000113. The van der Waals surface area contributed by atoms with E-state index in [9.17, 15) is 0 Å². The molecule has 1 aromatic carbocycles. The summed E-state index contributed by atoms with van der Waals surface area (Å²) in [6.45, 7) is 65.1. The van der Waals surface area contributed by atoms with Crippen LogP contribution in [0.2, 0.25) is 0 Å². The number of aromatic nitrogens is 10. The second-order valence-electron chi connectivity index (χ2n) is 26.2. The standard InChI is InChI=1S/C11H18.2C9H16N2.C9H12.2C8H15N3.C7H11N.2C4H10.7CH4/c1-8(2)10-5-6-11(7-10)9(3)4;1-7(2)9-5-6-11(10-9)8(3)4;1-6(2)8-5-9(7(3)4)11-10-8;1-8(2)9-6-4-3-5-7-9;1-6(2)8-5-11(7(3)4)10-9-8;1-5(2)7-8(6(3)4)10-11-9-7;1-6(2)7-4-3-5-8-7;2*1-4(2)3;;;;;;;/h5,7-9H,6H2,1-4H3;5-8H,1-4H3;5-7H,1-4H3,(H,10,11);3-8H,1-2H3;5-7H,1-4H3;5-6H,1-4H3,(H,9,10,11);3,5-6H,4H2,1-2H3;2*4H,1-3H3;7*1H4/p+1. The second-order valence-corrected chi connectivity index (χ2v) is 26.2. The van der Waals surface area contributed by atoms with Crippen LogP contribution in [0.4, 0.5) is 0 Å². The van der Waals surface area contributed by atoms with Crippen LogP contribution in [0, 0.1) is 29.6 Å². The van der Waals surface area contributed by atoms with E-state index in [1.54, 1.807) is 5.57 Å². The summed E-state index contributed by atoms with van der Waals surface area (Å²) in [5, 5.41) is 29.7. The molecule has 5 heterocycles. The van der Waals surface area contributed by atoms with Gasteiger partial charge in [0.15, 0.2) is 6.20 Å². The van der Waals surface area contributed by atoms with Gasteiger partial charge in [-0.25, -0.2) is 0 Å².